The van der Waals surface area contributed by atoms with Crippen LogP contribution >= 0.6 is 0 Å². The van der Waals surface area contributed by atoms with Gasteiger partial charge in [0.2, 0.25) is 0 Å². The topological polar surface area (TPSA) is 62.1 Å². The maximum atomic E-state index is 12.4. The fourth-order valence-corrected chi connectivity index (χ4v) is 4.17. The lowest BCUT2D eigenvalue weighted by atomic mass is 9.74. The zero-order chi connectivity index (χ0) is 18.0. The van der Waals surface area contributed by atoms with Gasteiger partial charge in [-0.05, 0) is 24.0 Å². The Morgan fingerprint density at radius 2 is 1.77 bits per heavy atom. The van der Waals surface area contributed by atoms with Gasteiger partial charge in [0, 0.05) is 30.5 Å². The number of amides is 1. The molecule has 26 heavy (non-hydrogen) atoms. The summed E-state index contributed by atoms with van der Waals surface area (Å²) in [5.41, 5.74) is 3.98. The summed E-state index contributed by atoms with van der Waals surface area (Å²) in [5, 5.41) is 12.9. The quantitative estimate of drug-likeness (QED) is 0.659. The molecule has 0 atom stereocenters. The Labute approximate surface area is 152 Å². The maximum absolute atomic E-state index is 12.4. The van der Waals surface area contributed by atoms with Crippen LogP contribution < -0.4 is 0 Å². The third kappa shape index (κ3) is 2.94. The Bertz CT molecular complexity index is 824. The van der Waals surface area contributed by atoms with Crippen molar-refractivity contribution in [3.8, 4) is 0 Å². The van der Waals surface area contributed by atoms with E-state index in [1.165, 1.54) is 5.56 Å². The number of carbonyl (C=O) groups is 1. The van der Waals surface area contributed by atoms with Crippen LogP contribution in [0.3, 0.4) is 0 Å². The molecule has 2 aromatic carbocycles. The van der Waals surface area contributed by atoms with Crippen molar-refractivity contribution in [1.29, 1.82) is 0 Å². The number of carbonyl (C=O) groups excluding carboxylic acids is 1. The van der Waals surface area contributed by atoms with Crippen LogP contribution in [-0.4, -0.2) is 35.0 Å². The van der Waals surface area contributed by atoms with Crippen molar-refractivity contribution in [2.75, 3.05) is 13.1 Å². The van der Waals surface area contributed by atoms with Crippen molar-refractivity contribution >= 4 is 11.8 Å². The lowest BCUT2D eigenvalue weighted by Crippen LogP contribution is -2.44. The third-order valence-corrected chi connectivity index (χ3v) is 5.62. The van der Waals surface area contributed by atoms with Crippen LogP contribution in [-0.2, 0) is 16.8 Å². The molecule has 1 saturated heterocycles. The number of likely N-dealkylation sites (tertiary alicyclic amines) is 1. The molecule has 0 saturated carbocycles. The van der Waals surface area contributed by atoms with Crippen LogP contribution in [0.4, 0.5) is 4.79 Å². The fraction of sp³-hybridized carbons (Fsp3) is 0.333. The molecular formula is C21H22N2O3. The van der Waals surface area contributed by atoms with Crippen LogP contribution in [0.2, 0.25) is 0 Å². The van der Waals surface area contributed by atoms with E-state index < -0.39 is 0 Å². The van der Waals surface area contributed by atoms with Gasteiger partial charge >= 0.3 is 6.09 Å². The van der Waals surface area contributed by atoms with E-state index in [1.54, 1.807) is 4.90 Å². The standard InChI is InChI=1S/C21H22N2O3/c24-20(26-15-16-6-2-1-3-7-16)23-12-10-21(11-13-23)14-19(22-25)17-8-4-5-9-18(17)21/h1-9,25H,10-15H2. The van der Waals surface area contributed by atoms with Crippen LogP contribution in [0, 0.1) is 0 Å². The van der Waals surface area contributed by atoms with Crippen LogP contribution in [0.25, 0.3) is 0 Å². The molecule has 1 aliphatic carbocycles. The predicted octanol–water partition coefficient (Wildman–Crippen LogP) is 3.94. The van der Waals surface area contributed by atoms with Crippen molar-refractivity contribution in [1.82, 2.24) is 4.90 Å². The Balaban J connectivity index is 1.41. The molecule has 2 aromatic rings. The first-order valence-corrected chi connectivity index (χ1v) is 8.98. The summed E-state index contributed by atoms with van der Waals surface area (Å²) in [5.74, 6) is 0. The molecule has 1 amide bonds. The van der Waals surface area contributed by atoms with Gasteiger partial charge in [-0.2, -0.15) is 0 Å². The second kappa shape index (κ2) is 6.83. The molecule has 1 heterocycles. The van der Waals surface area contributed by atoms with E-state index in [-0.39, 0.29) is 11.5 Å². The monoisotopic (exact) mass is 350 g/mol. The number of hydrogen-bond acceptors (Lipinski definition) is 4. The fourth-order valence-electron chi connectivity index (χ4n) is 4.17. The first-order chi connectivity index (χ1) is 12.7. The minimum Gasteiger partial charge on any atom is -0.445 e. The molecule has 1 spiro atoms. The molecule has 0 unspecified atom stereocenters. The number of nitrogens with zero attached hydrogens (tertiary/aromatic N) is 2. The van der Waals surface area contributed by atoms with Crippen LogP contribution in [0.1, 0.15) is 36.0 Å². The van der Waals surface area contributed by atoms with Gasteiger partial charge in [0.1, 0.15) is 6.61 Å². The van der Waals surface area contributed by atoms with Crippen molar-refractivity contribution in [2.45, 2.75) is 31.3 Å². The predicted molar refractivity (Wildman–Crippen MR) is 98.5 cm³/mol. The summed E-state index contributed by atoms with van der Waals surface area (Å²) in [6.45, 7) is 1.60. The molecule has 2 aliphatic rings. The van der Waals surface area contributed by atoms with E-state index in [9.17, 15) is 10.0 Å². The van der Waals surface area contributed by atoms with E-state index in [0.29, 0.717) is 19.7 Å². The third-order valence-electron chi connectivity index (χ3n) is 5.62. The summed E-state index contributed by atoms with van der Waals surface area (Å²) in [6, 6.07) is 17.8. The first kappa shape index (κ1) is 16.6. The number of fused-ring (bicyclic) bond motifs is 2. The van der Waals surface area contributed by atoms with Gasteiger partial charge in [-0.25, -0.2) is 4.79 Å². The normalized spacial score (nSPS) is 19.5. The van der Waals surface area contributed by atoms with Crippen molar-refractivity contribution in [2.24, 2.45) is 5.16 Å². The summed E-state index contributed by atoms with van der Waals surface area (Å²) in [6.07, 6.45) is 2.17. The Hall–Kier alpha value is -2.82. The number of ether oxygens (including phenoxy) is 1. The van der Waals surface area contributed by atoms with Gasteiger partial charge < -0.3 is 14.8 Å². The van der Waals surface area contributed by atoms with Crippen molar-refractivity contribution in [3.05, 3.63) is 71.3 Å². The van der Waals surface area contributed by atoms with Crippen LogP contribution in [0.5, 0.6) is 0 Å². The van der Waals surface area contributed by atoms with Gasteiger partial charge in [0.15, 0.2) is 0 Å². The minimum absolute atomic E-state index is 0.0334. The maximum Gasteiger partial charge on any atom is 0.410 e. The van der Waals surface area contributed by atoms with E-state index >= 15 is 0 Å². The molecule has 134 valence electrons. The van der Waals surface area contributed by atoms with Gasteiger partial charge in [-0.1, -0.05) is 59.8 Å². The number of hydrogen-bond donors (Lipinski definition) is 1. The van der Waals surface area contributed by atoms with Gasteiger partial charge in [-0.3, -0.25) is 0 Å². The molecule has 1 N–H and O–H groups in total. The molecule has 0 aromatic heterocycles. The zero-order valence-electron chi connectivity index (χ0n) is 14.6. The van der Waals surface area contributed by atoms with Gasteiger partial charge in [-0.15, -0.1) is 0 Å². The van der Waals surface area contributed by atoms with Crippen LogP contribution in [0.15, 0.2) is 59.8 Å². The number of rotatable bonds is 2. The summed E-state index contributed by atoms with van der Waals surface area (Å²) in [7, 11) is 0. The highest BCUT2D eigenvalue weighted by molar-refractivity contribution is 6.05. The smallest absolute Gasteiger partial charge is 0.410 e. The molecule has 0 bridgehead atoms. The second-order valence-corrected chi connectivity index (χ2v) is 7.08. The summed E-state index contributed by atoms with van der Waals surface area (Å²) in [4.78, 5) is 14.2. The zero-order valence-corrected chi connectivity index (χ0v) is 14.6. The van der Waals surface area contributed by atoms with E-state index in [2.05, 4.69) is 11.2 Å². The van der Waals surface area contributed by atoms with Gasteiger partial charge in [0.05, 0.1) is 5.71 Å². The summed E-state index contributed by atoms with van der Waals surface area (Å²) >= 11 is 0. The molecular weight excluding hydrogens is 328 g/mol. The van der Waals surface area contributed by atoms with E-state index in [1.807, 2.05) is 48.5 Å². The number of piperidine rings is 1. The molecule has 1 fully saturated rings. The average molecular weight is 350 g/mol. The largest absolute Gasteiger partial charge is 0.445 e. The van der Waals surface area contributed by atoms with E-state index in [0.717, 1.165) is 36.1 Å². The molecule has 5 heteroatoms. The lowest BCUT2D eigenvalue weighted by Gasteiger charge is -2.39. The molecule has 1 aliphatic heterocycles. The highest BCUT2D eigenvalue weighted by Crippen LogP contribution is 2.46. The van der Waals surface area contributed by atoms with Crippen molar-refractivity contribution in [3.63, 3.8) is 0 Å². The Morgan fingerprint density at radius 3 is 2.50 bits per heavy atom. The highest BCUT2D eigenvalue weighted by Gasteiger charge is 2.45. The minimum atomic E-state index is -0.258. The molecule has 0 radical (unpaired) electrons. The number of benzene rings is 2. The lowest BCUT2D eigenvalue weighted by molar-refractivity contribution is 0.0785. The Kier molecular flexibility index (Phi) is 4.37. The molecule has 4 rings (SSSR count). The average Bonchev–Trinajstić information content (AvgIpc) is 3.01. The second-order valence-electron chi connectivity index (χ2n) is 7.08. The first-order valence-electron chi connectivity index (χ1n) is 8.98. The van der Waals surface area contributed by atoms with Crippen molar-refractivity contribution < 1.29 is 14.7 Å². The number of oxime groups is 1. The molecule has 5 nitrogen and oxygen atoms in total. The van der Waals surface area contributed by atoms with Gasteiger partial charge in [0.25, 0.3) is 0 Å². The van der Waals surface area contributed by atoms with E-state index in [4.69, 9.17) is 4.74 Å². The summed E-state index contributed by atoms with van der Waals surface area (Å²) < 4.78 is 5.45. The highest BCUT2D eigenvalue weighted by atomic mass is 16.6. The SMILES string of the molecule is O=C(OCc1ccccc1)N1CCC2(CC1)CC(=NO)c1ccccc12. The Morgan fingerprint density at radius 1 is 1.08 bits per heavy atom.